The van der Waals surface area contributed by atoms with Gasteiger partial charge in [-0.15, -0.1) is 0 Å². The molecule has 0 unspecified atom stereocenters. The summed E-state index contributed by atoms with van der Waals surface area (Å²) in [5, 5.41) is 10.4. The van der Waals surface area contributed by atoms with Gasteiger partial charge in [0, 0.05) is 32.6 Å². The second-order valence-corrected chi connectivity index (χ2v) is 7.70. The van der Waals surface area contributed by atoms with Crippen LogP contribution in [0.15, 0.2) is 23.1 Å². The van der Waals surface area contributed by atoms with Gasteiger partial charge in [-0.3, -0.25) is 0 Å². The fourth-order valence-corrected chi connectivity index (χ4v) is 3.61. The van der Waals surface area contributed by atoms with E-state index in [-0.39, 0.29) is 11.4 Å². The van der Waals surface area contributed by atoms with Gasteiger partial charge in [-0.2, -0.15) is 0 Å². The third-order valence-corrected chi connectivity index (χ3v) is 5.33. The molecule has 23 heavy (non-hydrogen) atoms. The Labute approximate surface area is 137 Å². The monoisotopic (exact) mass is 343 g/mol. The van der Waals surface area contributed by atoms with Gasteiger partial charge >= 0.3 is 0 Å². The largest absolute Gasteiger partial charge is 0.493 e. The van der Waals surface area contributed by atoms with Crippen LogP contribution in [0, 0.1) is 6.92 Å². The van der Waals surface area contributed by atoms with E-state index in [9.17, 15) is 13.5 Å². The molecule has 1 aliphatic heterocycles. The Morgan fingerprint density at radius 3 is 2.65 bits per heavy atom. The quantitative estimate of drug-likeness (QED) is 0.785. The minimum atomic E-state index is -3.66. The smallest absolute Gasteiger partial charge is 0.240 e. The van der Waals surface area contributed by atoms with Crippen molar-refractivity contribution in [3.8, 4) is 5.75 Å². The summed E-state index contributed by atoms with van der Waals surface area (Å²) in [5.74, 6) is 0.689. The van der Waals surface area contributed by atoms with Crippen molar-refractivity contribution >= 4 is 10.0 Å². The van der Waals surface area contributed by atoms with Crippen molar-refractivity contribution in [3.63, 3.8) is 0 Å². The van der Waals surface area contributed by atoms with Gasteiger partial charge in [-0.05, 0) is 37.1 Å². The number of benzene rings is 1. The zero-order chi connectivity index (χ0) is 16.9. The van der Waals surface area contributed by atoms with Crippen molar-refractivity contribution in [2.75, 3.05) is 26.4 Å². The highest BCUT2D eigenvalue weighted by Gasteiger charge is 2.31. The fourth-order valence-electron chi connectivity index (χ4n) is 2.40. The molecule has 0 spiro atoms. The molecule has 130 valence electrons. The van der Waals surface area contributed by atoms with Crippen LogP contribution in [0.1, 0.15) is 31.7 Å². The Morgan fingerprint density at radius 1 is 1.35 bits per heavy atom. The topological polar surface area (TPSA) is 84.9 Å². The molecule has 0 atom stereocenters. The Bertz CT molecular complexity index is 623. The first-order chi connectivity index (χ1) is 10.9. The van der Waals surface area contributed by atoms with Crippen molar-refractivity contribution in [1.82, 2.24) is 4.72 Å². The van der Waals surface area contributed by atoms with Gasteiger partial charge in [0.2, 0.25) is 10.0 Å². The maximum atomic E-state index is 12.4. The Morgan fingerprint density at radius 2 is 2.04 bits per heavy atom. The number of sulfonamides is 1. The van der Waals surface area contributed by atoms with Crippen LogP contribution in [0.4, 0.5) is 0 Å². The highest BCUT2D eigenvalue weighted by atomic mass is 32.2. The van der Waals surface area contributed by atoms with Crippen LogP contribution >= 0.6 is 0 Å². The van der Waals surface area contributed by atoms with E-state index in [1.54, 1.807) is 12.1 Å². The molecular formula is C16H25NO5S. The zero-order valence-corrected chi connectivity index (χ0v) is 14.5. The Balaban J connectivity index is 2.05. The van der Waals surface area contributed by atoms with Crippen molar-refractivity contribution in [3.05, 3.63) is 23.8 Å². The lowest BCUT2D eigenvalue weighted by Crippen LogP contribution is -2.46. The lowest BCUT2D eigenvalue weighted by Gasteiger charge is -2.32. The number of hydrogen-bond donors (Lipinski definition) is 2. The molecule has 1 fully saturated rings. The third-order valence-electron chi connectivity index (χ3n) is 3.93. The van der Waals surface area contributed by atoms with Crippen LogP contribution in [0.2, 0.25) is 0 Å². The molecule has 0 amide bonds. The minimum absolute atomic E-state index is 0.00811. The normalized spacial score (nSPS) is 17.9. The van der Waals surface area contributed by atoms with Crippen molar-refractivity contribution in [2.24, 2.45) is 0 Å². The summed E-state index contributed by atoms with van der Waals surface area (Å²) in [5.41, 5.74) is -0.268. The maximum Gasteiger partial charge on any atom is 0.240 e. The molecule has 0 radical (unpaired) electrons. The van der Waals surface area contributed by atoms with E-state index in [0.29, 0.717) is 38.4 Å². The molecule has 1 saturated heterocycles. The lowest BCUT2D eigenvalue weighted by atomic mass is 9.95. The lowest BCUT2D eigenvalue weighted by molar-refractivity contribution is -0.0588. The molecular weight excluding hydrogens is 318 g/mol. The molecule has 0 bridgehead atoms. The molecule has 0 saturated carbocycles. The minimum Gasteiger partial charge on any atom is -0.493 e. The van der Waals surface area contributed by atoms with Crippen LogP contribution in [0.3, 0.4) is 0 Å². The molecule has 0 aliphatic carbocycles. The fraction of sp³-hybridized carbons (Fsp3) is 0.625. The Kier molecular flexibility index (Phi) is 6.02. The third kappa shape index (κ3) is 4.91. The van der Waals surface area contributed by atoms with Gasteiger partial charge in [0.1, 0.15) is 5.75 Å². The van der Waals surface area contributed by atoms with E-state index >= 15 is 0 Å². The van der Waals surface area contributed by atoms with Crippen LogP contribution in [0.25, 0.3) is 0 Å². The average molecular weight is 343 g/mol. The van der Waals surface area contributed by atoms with Crippen molar-refractivity contribution in [1.29, 1.82) is 0 Å². The van der Waals surface area contributed by atoms with Crippen molar-refractivity contribution < 1.29 is 23.0 Å². The van der Waals surface area contributed by atoms with Gasteiger partial charge in [0.05, 0.1) is 17.1 Å². The van der Waals surface area contributed by atoms with E-state index in [1.165, 1.54) is 6.07 Å². The molecule has 2 rings (SSSR count). The van der Waals surface area contributed by atoms with Gasteiger partial charge < -0.3 is 14.6 Å². The second-order valence-electron chi connectivity index (χ2n) is 5.94. The number of ether oxygens (including phenoxy) is 2. The number of aliphatic hydroxyl groups is 1. The molecule has 0 aromatic heterocycles. The highest BCUT2D eigenvalue weighted by Crippen LogP contribution is 2.23. The molecule has 1 aromatic rings. The van der Waals surface area contributed by atoms with Gasteiger partial charge in [-0.1, -0.05) is 6.92 Å². The summed E-state index contributed by atoms with van der Waals surface area (Å²) in [4.78, 5) is 0.175. The molecule has 1 aliphatic rings. The maximum absolute atomic E-state index is 12.4. The first-order valence-corrected chi connectivity index (χ1v) is 9.38. The summed E-state index contributed by atoms with van der Waals surface area (Å²) in [7, 11) is -3.66. The predicted octanol–water partition coefficient (Wildman–Crippen LogP) is 1.60. The number of rotatable bonds is 7. The molecule has 1 aromatic carbocycles. The summed E-state index contributed by atoms with van der Waals surface area (Å²) in [6.07, 6.45) is 1.75. The van der Waals surface area contributed by atoms with E-state index in [1.807, 2.05) is 13.8 Å². The van der Waals surface area contributed by atoms with E-state index in [0.717, 1.165) is 12.0 Å². The second kappa shape index (κ2) is 7.61. The standard InChI is InChI=1S/C16H25NO5S/c1-3-8-22-15-5-4-14(11-13(15)2)23(19,20)17-12-16(18)6-9-21-10-7-16/h4-5,11,17-18H,3,6-10,12H2,1-2H3. The summed E-state index contributed by atoms with van der Waals surface area (Å²) in [6.45, 7) is 5.31. The Hall–Kier alpha value is -1.15. The first-order valence-electron chi connectivity index (χ1n) is 7.89. The summed E-state index contributed by atoms with van der Waals surface area (Å²) >= 11 is 0. The van der Waals surface area contributed by atoms with Crippen LogP contribution in [0.5, 0.6) is 5.75 Å². The number of aryl methyl sites for hydroxylation is 1. The molecule has 6 nitrogen and oxygen atoms in total. The molecule has 2 N–H and O–H groups in total. The molecule has 7 heteroatoms. The van der Waals surface area contributed by atoms with Crippen LogP contribution in [-0.4, -0.2) is 45.5 Å². The van der Waals surface area contributed by atoms with E-state index in [2.05, 4.69) is 4.72 Å². The highest BCUT2D eigenvalue weighted by molar-refractivity contribution is 7.89. The SMILES string of the molecule is CCCOc1ccc(S(=O)(=O)NCC2(O)CCOCC2)cc1C. The summed E-state index contributed by atoms with van der Waals surface area (Å²) < 4.78 is 38.0. The molecule has 1 heterocycles. The number of hydrogen-bond acceptors (Lipinski definition) is 5. The van der Waals surface area contributed by atoms with Gasteiger partial charge in [0.15, 0.2) is 0 Å². The average Bonchev–Trinajstić information content (AvgIpc) is 2.53. The first kappa shape index (κ1) is 18.2. The van der Waals surface area contributed by atoms with Crippen LogP contribution < -0.4 is 9.46 Å². The predicted molar refractivity (Wildman–Crippen MR) is 87.2 cm³/mol. The summed E-state index contributed by atoms with van der Waals surface area (Å²) in [6, 6.07) is 4.78. The van der Waals surface area contributed by atoms with E-state index in [4.69, 9.17) is 9.47 Å². The van der Waals surface area contributed by atoms with Crippen LogP contribution in [-0.2, 0) is 14.8 Å². The van der Waals surface area contributed by atoms with Crippen molar-refractivity contribution in [2.45, 2.75) is 43.6 Å². The number of nitrogens with one attached hydrogen (secondary N) is 1. The van der Waals surface area contributed by atoms with Gasteiger partial charge in [0.25, 0.3) is 0 Å². The van der Waals surface area contributed by atoms with E-state index < -0.39 is 15.6 Å². The zero-order valence-electron chi connectivity index (χ0n) is 13.7. The van der Waals surface area contributed by atoms with Gasteiger partial charge in [-0.25, -0.2) is 13.1 Å².